The summed E-state index contributed by atoms with van der Waals surface area (Å²) in [7, 11) is 0. The zero-order chi connectivity index (χ0) is 23.4. The lowest BCUT2D eigenvalue weighted by atomic mass is 9.95. The van der Waals surface area contributed by atoms with E-state index in [4.69, 9.17) is 21.1 Å². The first-order chi connectivity index (χ1) is 16.0. The molecule has 9 heteroatoms. The van der Waals surface area contributed by atoms with E-state index in [1.807, 2.05) is 31.2 Å². The van der Waals surface area contributed by atoms with E-state index in [-0.39, 0.29) is 19.1 Å². The molecule has 172 valence electrons. The monoisotopic (exact) mass is 469 g/mol. The Morgan fingerprint density at radius 3 is 2.73 bits per heavy atom. The lowest BCUT2D eigenvalue weighted by molar-refractivity contribution is -0.136. The molecule has 0 aliphatic carbocycles. The fraction of sp³-hybridized carbons (Fsp3) is 0.292. The second-order valence-corrected chi connectivity index (χ2v) is 8.04. The summed E-state index contributed by atoms with van der Waals surface area (Å²) in [5.41, 5.74) is 2.40. The number of rotatable bonds is 8. The number of urea groups is 1. The SMILES string of the molecule is CCOc1ccccc1[C@@H]1NC(=O)N(CC(=O)NCCc2ccc(Cl)cc2)C2=C1C(=O)OC2. The van der Waals surface area contributed by atoms with Gasteiger partial charge in [-0.2, -0.15) is 0 Å². The van der Waals surface area contributed by atoms with Gasteiger partial charge in [0.15, 0.2) is 0 Å². The van der Waals surface area contributed by atoms with Crippen LogP contribution in [0.3, 0.4) is 0 Å². The highest BCUT2D eigenvalue weighted by atomic mass is 35.5. The number of carbonyl (C=O) groups is 3. The second kappa shape index (κ2) is 9.95. The molecule has 0 spiro atoms. The number of cyclic esters (lactones) is 1. The number of nitrogens with zero attached hydrogens (tertiary/aromatic N) is 1. The van der Waals surface area contributed by atoms with Crippen molar-refractivity contribution in [3.05, 3.63) is 76.0 Å². The first kappa shape index (κ1) is 22.7. The van der Waals surface area contributed by atoms with Crippen LogP contribution in [0.1, 0.15) is 24.1 Å². The molecule has 2 heterocycles. The molecule has 0 radical (unpaired) electrons. The molecule has 2 aliphatic rings. The van der Waals surface area contributed by atoms with Crippen molar-refractivity contribution in [3.63, 3.8) is 0 Å². The number of ether oxygens (including phenoxy) is 2. The normalized spacial score (nSPS) is 17.4. The molecule has 3 amide bonds. The molecule has 4 rings (SSSR count). The van der Waals surface area contributed by atoms with Gasteiger partial charge in [-0.1, -0.05) is 41.9 Å². The Balaban J connectivity index is 1.48. The summed E-state index contributed by atoms with van der Waals surface area (Å²) in [4.78, 5) is 39.3. The van der Waals surface area contributed by atoms with Gasteiger partial charge in [-0.05, 0) is 37.1 Å². The maximum absolute atomic E-state index is 12.9. The fourth-order valence-electron chi connectivity index (χ4n) is 3.91. The quantitative estimate of drug-likeness (QED) is 0.579. The molecule has 2 aliphatic heterocycles. The first-order valence-corrected chi connectivity index (χ1v) is 11.1. The van der Waals surface area contributed by atoms with E-state index in [0.717, 1.165) is 5.56 Å². The third-order valence-corrected chi connectivity index (χ3v) is 5.73. The Kier molecular flexibility index (Phi) is 6.84. The van der Waals surface area contributed by atoms with Crippen molar-refractivity contribution in [2.75, 3.05) is 26.3 Å². The van der Waals surface area contributed by atoms with Gasteiger partial charge < -0.3 is 20.1 Å². The third kappa shape index (κ3) is 4.96. The molecule has 2 aromatic carbocycles. The van der Waals surface area contributed by atoms with Gasteiger partial charge in [0.05, 0.1) is 23.9 Å². The Morgan fingerprint density at radius 2 is 1.97 bits per heavy atom. The van der Waals surface area contributed by atoms with Crippen molar-refractivity contribution < 1.29 is 23.9 Å². The first-order valence-electron chi connectivity index (χ1n) is 10.7. The number of amides is 3. The van der Waals surface area contributed by atoms with Crippen molar-refractivity contribution in [2.45, 2.75) is 19.4 Å². The van der Waals surface area contributed by atoms with Gasteiger partial charge >= 0.3 is 12.0 Å². The van der Waals surface area contributed by atoms with E-state index in [1.54, 1.807) is 24.3 Å². The zero-order valence-corrected chi connectivity index (χ0v) is 18.9. The van der Waals surface area contributed by atoms with E-state index in [2.05, 4.69) is 10.6 Å². The summed E-state index contributed by atoms with van der Waals surface area (Å²) >= 11 is 5.89. The highest BCUT2D eigenvalue weighted by Gasteiger charge is 2.43. The number of nitrogens with one attached hydrogen (secondary N) is 2. The summed E-state index contributed by atoms with van der Waals surface area (Å²) in [5, 5.41) is 6.29. The minimum atomic E-state index is -0.713. The molecule has 0 fully saturated rings. The number of carbonyl (C=O) groups excluding carboxylic acids is 3. The van der Waals surface area contributed by atoms with Gasteiger partial charge in [0.25, 0.3) is 0 Å². The minimum absolute atomic E-state index is 0.0626. The molecule has 33 heavy (non-hydrogen) atoms. The molecular formula is C24H24ClN3O5. The number of para-hydroxylation sites is 1. The van der Waals surface area contributed by atoms with Crippen molar-refractivity contribution in [1.29, 1.82) is 0 Å². The molecule has 2 N–H and O–H groups in total. The molecule has 0 unspecified atom stereocenters. The highest BCUT2D eigenvalue weighted by molar-refractivity contribution is 6.30. The van der Waals surface area contributed by atoms with Gasteiger partial charge in [-0.15, -0.1) is 0 Å². The Labute approximate surface area is 196 Å². The standard InChI is InChI=1S/C24H24ClN3O5/c1-2-32-19-6-4-3-5-17(19)22-21-18(14-33-23(21)30)28(24(31)27-22)13-20(29)26-12-11-15-7-9-16(25)10-8-15/h3-10,22H,2,11-14H2,1H3,(H,26,29)(H,27,31)/t22-/m0/s1. The average Bonchev–Trinajstić information content (AvgIpc) is 3.19. The van der Waals surface area contributed by atoms with Gasteiger partial charge in [0.1, 0.15) is 18.9 Å². The van der Waals surface area contributed by atoms with Gasteiger partial charge in [-0.3, -0.25) is 9.69 Å². The lowest BCUT2D eigenvalue weighted by Gasteiger charge is -2.33. The van der Waals surface area contributed by atoms with Crippen LogP contribution in [0.2, 0.25) is 5.02 Å². The minimum Gasteiger partial charge on any atom is -0.494 e. The highest BCUT2D eigenvalue weighted by Crippen LogP contribution is 2.38. The Morgan fingerprint density at radius 1 is 1.21 bits per heavy atom. The number of esters is 1. The lowest BCUT2D eigenvalue weighted by Crippen LogP contribution is -2.50. The second-order valence-electron chi connectivity index (χ2n) is 7.60. The molecule has 0 aromatic heterocycles. The maximum atomic E-state index is 12.9. The third-order valence-electron chi connectivity index (χ3n) is 5.48. The van der Waals surface area contributed by atoms with Crippen molar-refractivity contribution in [2.24, 2.45) is 0 Å². The van der Waals surface area contributed by atoms with E-state index < -0.39 is 18.0 Å². The van der Waals surface area contributed by atoms with Crippen molar-refractivity contribution in [3.8, 4) is 5.75 Å². The smallest absolute Gasteiger partial charge is 0.338 e. The molecule has 1 atom stereocenters. The summed E-state index contributed by atoms with van der Waals surface area (Å²) in [6.45, 7) is 2.42. The molecule has 8 nitrogen and oxygen atoms in total. The number of halogens is 1. The van der Waals surface area contributed by atoms with Crippen LogP contribution >= 0.6 is 11.6 Å². The van der Waals surface area contributed by atoms with Crippen LogP contribution in [0, 0.1) is 0 Å². The average molecular weight is 470 g/mol. The van der Waals surface area contributed by atoms with Crippen LogP contribution in [0.5, 0.6) is 5.75 Å². The van der Waals surface area contributed by atoms with Crippen LogP contribution in [0.15, 0.2) is 59.8 Å². The van der Waals surface area contributed by atoms with E-state index in [9.17, 15) is 14.4 Å². The summed E-state index contributed by atoms with van der Waals surface area (Å²) in [6, 6.07) is 13.4. The maximum Gasteiger partial charge on any atom is 0.338 e. The van der Waals surface area contributed by atoms with Crippen LogP contribution in [-0.4, -0.2) is 49.1 Å². The molecule has 0 saturated carbocycles. The largest absolute Gasteiger partial charge is 0.494 e. The van der Waals surface area contributed by atoms with Crippen LogP contribution in [-0.2, 0) is 20.7 Å². The number of benzene rings is 2. The topological polar surface area (TPSA) is 97.0 Å². The molecule has 2 aromatic rings. The van der Waals surface area contributed by atoms with Crippen LogP contribution in [0.25, 0.3) is 0 Å². The Hall–Kier alpha value is -3.52. The summed E-state index contributed by atoms with van der Waals surface area (Å²) in [6.07, 6.45) is 0.626. The molecule has 0 saturated heterocycles. The molecular weight excluding hydrogens is 446 g/mol. The van der Waals surface area contributed by atoms with Gasteiger partial charge in [-0.25, -0.2) is 9.59 Å². The van der Waals surface area contributed by atoms with Crippen LogP contribution in [0.4, 0.5) is 4.79 Å². The van der Waals surface area contributed by atoms with Crippen molar-refractivity contribution >= 4 is 29.5 Å². The number of hydrogen-bond acceptors (Lipinski definition) is 5. The summed E-state index contributed by atoms with van der Waals surface area (Å²) in [5.74, 6) is -0.279. The Bertz CT molecular complexity index is 1100. The predicted molar refractivity (Wildman–Crippen MR) is 122 cm³/mol. The van der Waals surface area contributed by atoms with Gasteiger partial charge in [0, 0.05) is 17.1 Å². The van der Waals surface area contributed by atoms with E-state index in [0.29, 0.717) is 47.2 Å². The van der Waals surface area contributed by atoms with E-state index in [1.165, 1.54) is 4.90 Å². The van der Waals surface area contributed by atoms with Crippen molar-refractivity contribution in [1.82, 2.24) is 15.5 Å². The van der Waals surface area contributed by atoms with Crippen LogP contribution < -0.4 is 15.4 Å². The molecule has 0 bridgehead atoms. The van der Waals surface area contributed by atoms with E-state index >= 15 is 0 Å². The fourth-order valence-corrected chi connectivity index (χ4v) is 4.04. The number of hydrogen-bond donors (Lipinski definition) is 2. The predicted octanol–water partition coefficient (Wildman–Crippen LogP) is 2.97. The van der Waals surface area contributed by atoms with Gasteiger partial charge in [0.2, 0.25) is 5.91 Å². The zero-order valence-electron chi connectivity index (χ0n) is 18.1. The summed E-state index contributed by atoms with van der Waals surface area (Å²) < 4.78 is 10.9.